The highest BCUT2D eigenvalue weighted by atomic mass is 16.5. The van der Waals surface area contributed by atoms with Crippen LogP contribution in [0.3, 0.4) is 0 Å². The molecule has 1 aromatic heterocycles. The zero-order valence-electron chi connectivity index (χ0n) is 18.8. The van der Waals surface area contributed by atoms with Crippen LogP contribution in [0.15, 0.2) is 47.4 Å². The lowest BCUT2D eigenvalue weighted by atomic mass is 9.75. The second-order valence-corrected chi connectivity index (χ2v) is 8.99. The van der Waals surface area contributed by atoms with Crippen molar-refractivity contribution in [2.24, 2.45) is 5.41 Å². The quantitative estimate of drug-likeness (QED) is 0.726. The maximum absolute atomic E-state index is 13.2. The number of aliphatic hydroxyl groups excluding tert-OH is 1. The Morgan fingerprint density at radius 1 is 1.00 bits per heavy atom. The van der Waals surface area contributed by atoms with Crippen molar-refractivity contribution in [1.29, 1.82) is 0 Å². The van der Waals surface area contributed by atoms with Crippen LogP contribution >= 0.6 is 0 Å². The summed E-state index contributed by atoms with van der Waals surface area (Å²) in [6.45, 7) is 2.49. The summed E-state index contributed by atoms with van der Waals surface area (Å²) in [6.07, 6.45) is 5.50. The van der Waals surface area contributed by atoms with Gasteiger partial charge in [0.2, 0.25) is 5.56 Å². The van der Waals surface area contributed by atoms with Crippen molar-refractivity contribution >= 4 is 11.8 Å². The number of aromatic nitrogens is 1. The number of rotatable bonds is 2. The minimum Gasteiger partial charge on any atom is -0.491 e. The molecule has 2 aromatic rings. The molecule has 3 aliphatic heterocycles. The van der Waals surface area contributed by atoms with Gasteiger partial charge in [0.25, 0.3) is 11.8 Å². The van der Waals surface area contributed by atoms with Crippen LogP contribution in [0.25, 0.3) is 0 Å². The Morgan fingerprint density at radius 2 is 1.79 bits per heavy atom. The fourth-order valence-corrected chi connectivity index (χ4v) is 4.72. The molecular formula is C25H31N3O5. The second-order valence-electron chi connectivity index (χ2n) is 8.99. The molecule has 3 aliphatic rings. The molecule has 8 heteroatoms. The number of piperidine rings is 1. The number of aliphatic hydroxyl groups is 1. The van der Waals surface area contributed by atoms with Crippen molar-refractivity contribution in [3.05, 3.63) is 64.1 Å². The number of nitrogens with one attached hydrogen (secondary N) is 1. The van der Waals surface area contributed by atoms with Gasteiger partial charge in [0, 0.05) is 38.5 Å². The summed E-state index contributed by atoms with van der Waals surface area (Å²) in [6, 6.07) is 10.1. The summed E-state index contributed by atoms with van der Waals surface area (Å²) in [7, 11) is 0. The number of fused-ring (bicyclic) bond motifs is 9. The molecule has 33 heavy (non-hydrogen) atoms. The van der Waals surface area contributed by atoms with E-state index in [1.807, 2.05) is 17.0 Å². The number of ether oxygens (including phenoxy) is 1. The van der Waals surface area contributed by atoms with E-state index in [-0.39, 0.29) is 36.0 Å². The summed E-state index contributed by atoms with van der Waals surface area (Å²) in [4.78, 5) is 43.8. The number of carbonyl (C=O) groups excluding carboxylic acids is 2. The molecule has 1 fully saturated rings. The van der Waals surface area contributed by atoms with Gasteiger partial charge in [-0.1, -0.05) is 18.6 Å². The Hall–Kier alpha value is -3.13. The topological polar surface area (TPSA) is 103 Å². The van der Waals surface area contributed by atoms with Crippen LogP contribution in [0.5, 0.6) is 5.75 Å². The molecule has 0 aliphatic carbocycles. The molecule has 4 heterocycles. The molecule has 0 saturated carbocycles. The van der Waals surface area contributed by atoms with Gasteiger partial charge in [-0.25, -0.2) is 0 Å². The highest BCUT2D eigenvalue weighted by Crippen LogP contribution is 2.37. The van der Waals surface area contributed by atoms with Crippen molar-refractivity contribution in [3.63, 3.8) is 0 Å². The van der Waals surface area contributed by atoms with Crippen LogP contribution in [-0.2, 0) is 0 Å². The van der Waals surface area contributed by atoms with E-state index in [2.05, 4.69) is 4.98 Å². The van der Waals surface area contributed by atoms with Gasteiger partial charge >= 0.3 is 0 Å². The molecule has 1 aromatic carbocycles. The predicted octanol–water partition coefficient (Wildman–Crippen LogP) is 2.29. The number of aromatic amines is 1. The molecule has 0 atom stereocenters. The van der Waals surface area contributed by atoms with Gasteiger partial charge in [-0.05, 0) is 49.3 Å². The Labute approximate surface area is 193 Å². The third-order valence-electron chi connectivity index (χ3n) is 6.89. The summed E-state index contributed by atoms with van der Waals surface area (Å²) in [5.41, 5.74) is 0.498. The number of amides is 2. The standard InChI is InChI=1S/C25H31N3O5/c29-18-25-9-3-4-12-27(23(31)19-7-8-22(30)26-17-19)15-16-33-21-6-2-1-5-20(21)24(32)28(13-10-25)14-11-25/h1-2,5-8,17,29H,3-4,9-16,18H2,(H,26,30). The van der Waals surface area contributed by atoms with Crippen LogP contribution < -0.4 is 10.3 Å². The normalized spacial score (nSPS) is 19.2. The monoisotopic (exact) mass is 453 g/mol. The summed E-state index contributed by atoms with van der Waals surface area (Å²) in [5, 5.41) is 10.1. The third kappa shape index (κ3) is 5.27. The van der Waals surface area contributed by atoms with E-state index in [4.69, 9.17) is 4.74 Å². The highest BCUT2D eigenvalue weighted by Gasteiger charge is 2.36. The van der Waals surface area contributed by atoms with E-state index in [0.717, 1.165) is 32.1 Å². The van der Waals surface area contributed by atoms with Crippen molar-refractivity contribution in [2.75, 3.05) is 39.4 Å². The number of para-hydroxylation sites is 1. The largest absolute Gasteiger partial charge is 0.491 e. The second kappa shape index (κ2) is 10.2. The Balaban J connectivity index is 1.57. The smallest absolute Gasteiger partial charge is 0.257 e. The lowest BCUT2D eigenvalue weighted by Gasteiger charge is -2.41. The zero-order chi connectivity index (χ0) is 23.3. The predicted molar refractivity (Wildman–Crippen MR) is 123 cm³/mol. The van der Waals surface area contributed by atoms with Gasteiger partial charge in [-0.3, -0.25) is 14.4 Å². The molecule has 0 radical (unpaired) electrons. The molecule has 5 rings (SSSR count). The SMILES string of the molecule is O=C(c1ccc(=O)[nH]c1)N1CCCCC2(CO)CCN(CC2)C(=O)c2ccccc2OCC1. The van der Waals surface area contributed by atoms with Gasteiger partial charge in [0.15, 0.2) is 0 Å². The van der Waals surface area contributed by atoms with Crippen LogP contribution in [0.1, 0.15) is 52.8 Å². The van der Waals surface area contributed by atoms with Crippen LogP contribution in [0, 0.1) is 5.41 Å². The fraction of sp³-hybridized carbons (Fsp3) is 0.480. The number of pyridine rings is 1. The molecule has 2 N–H and O–H groups in total. The third-order valence-corrected chi connectivity index (χ3v) is 6.89. The van der Waals surface area contributed by atoms with Crippen molar-refractivity contribution < 1.29 is 19.4 Å². The average molecular weight is 454 g/mol. The van der Waals surface area contributed by atoms with Crippen LogP contribution in [-0.4, -0.2) is 71.1 Å². The fourth-order valence-electron chi connectivity index (χ4n) is 4.72. The Kier molecular flexibility index (Phi) is 7.13. The van der Waals surface area contributed by atoms with Crippen LogP contribution in [0.4, 0.5) is 0 Å². The van der Waals surface area contributed by atoms with Crippen molar-refractivity contribution in [3.8, 4) is 5.75 Å². The molecule has 0 unspecified atom stereocenters. The van der Waals surface area contributed by atoms with E-state index in [1.54, 1.807) is 17.0 Å². The molecule has 1 saturated heterocycles. The Bertz CT molecular complexity index is 1020. The number of hydrogen-bond donors (Lipinski definition) is 2. The number of carbonyl (C=O) groups is 2. The molecule has 2 amide bonds. The maximum Gasteiger partial charge on any atom is 0.257 e. The van der Waals surface area contributed by atoms with Crippen molar-refractivity contribution in [1.82, 2.24) is 14.8 Å². The first-order valence-electron chi connectivity index (χ1n) is 11.6. The first kappa shape index (κ1) is 23.0. The molecular weight excluding hydrogens is 422 g/mol. The average Bonchev–Trinajstić information content (AvgIpc) is 2.86. The van der Waals surface area contributed by atoms with Gasteiger partial charge < -0.3 is 24.6 Å². The molecule has 2 bridgehead atoms. The molecule has 8 nitrogen and oxygen atoms in total. The maximum atomic E-state index is 13.2. The highest BCUT2D eigenvalue weighted by molar-refractivity contribution is 5.97. The van der Waals surface area contributed by atoms with Gasteiger partial charge in [0.05, 0.1) is 17.7 Å². The summed E-state index contributed by atoms with van der Waals surface area (Å²) < 4.78 is 5.98. The summed E-state index contributed by atoms with van der Waals surface area (Å²) >= 11 is 0. The minimum atomic E-state index is -0.256. The Morgan fingerprint density at radius 3 is 2.52 bits per heavy atom. The number of benzene rings is 1. The zero-order valence-corrected chi connectivity index (χ0v) is 18.8. The minimum absolute atomic E-state index is 0.0619. The van der Waals surface area contributed by atoms with Gasteiger partial charge in [-0.2, -0.15) is 0 Å². The lowest BCUT2D eigenvalue weighted by molar-refractivity contribution is 0.0297. The van der Waals surface area contributed by atoms with Crippen molar-refractivity contribution in [2.45, 2.75) is 32.1 Å². The van der Waals surface area contributed by atoms with E-state index in [9.17, 15) is 19.5 Å². The van der Waals surface area contributed by atoms with E-state index in [0.29, 0.717) is 43.1 Å². The van der Waals surface area contributed by atoms with Gasteiger partial charge in [0.1, 0.15) is 12.4 Å². The van der Waals surface area contributed by atoms with E-state index >= 15 is 0 Å². The summed E-state index contributed by atoms with van der Waals surface area (Å²) in [5.74, 6) is 0.272. The lowest BCUT2D eigenvalue weighted by Crippen LogP contribution is -2.44. The number of H-pyrrole nitrogens is 1. The first-order valence-corrected chi connectivity index (χ1v) is 11.6. The van der Waals surface area contributed by atoms with Crippen LogP contribution in [0.2, 0.25) is 0 Å². The number of nitrogens with zero attached hydrogens (tertiary/aromatic N) is 2. The number of hydrogen-bond acceptors (Lipinski definition) is 5. The van der Waals surface area contributed by atoms with E-state index < -0.39 is 0 Å². The molecule has 0 spiro atoms. The molecule has 176 valence electrons. The van der Waals surface area contributed by atoms with E-state index in [1.165, 1.54) is 18.3 Å². The van der Waals surface area contributed by atoms with Gasteiger partial charge in [-0.15, -0.1) is 0 Å². The first-order chi connectivity index (χ1) is 16.0.